The number of hydrogen-bond acceptors (Lipinski definition) is 4. The predicted octanol–water partition coefficient (Wildman–Crippen LogP) is 3.04. The summed E-state index contributed by atoms with van der Waals surface area (Å²) < 4.78 is 4.93. The van der Waals surface area contributed by atoms with Crippen molar-refractivity contribution in [2.45, 2.75) is 39.7 Å². The van der Waals surface area contributed by atoms with E-state index in [-0.39, 0.29) is 11.8 Å². The first-order valence-electron chi connectivity index (χ1n) is 8.60. The number of nitrogens with one attached hydrogen (secondary N) is 1. The second-order valence-electron chi connectivity index (χ2n) is 7.52. The third-order valence-electron chi connectivity index (χ3n) is 4.40. The van der Waals surface area contributed by atoms with Crippen LogP contribution in [0, 0.1) is 16.7 Å². The molecule has 0 saturated carbocycles. The van der Waals surface area contributed by atoms with E-state index in [1.54, 1.807) is 6.07 Å². The van der Waals surface area contributed by atoms with Gasteiger partial charge in [-0.15, -0.1) is 0 Å². The number of esters is 1. The lowest BCUT2D eigenvalue weighted by molar-refractivity contribution is -0.151. The number of amides is 1. The quantitative estimate of drug-likeness (QED) is 0.637. The van der Waals surface area contributed by atoms with Crippen molar-refractivity contribution in [3.63, 3.8) is 0 Å². The van der Waals surface area contributed by atoms with Crippen molar-refractivity contribution in [1.82, 2.24) is 9.88 Å². The van der Waals surface area contributed by atoms with E-state index in [0.717, 1.165) is 16.5 Å². The van der Waals surface area contributed by atoms with Crippen LogP contribution in [0.1, 0.15) is 32.8 Å². The molecule has 0 bridgehead atoms. The van der Waals surface area contributed by atoms with Crippen LogP contribution < -0.4 is 0 Å². The summed E-state index contributed by atoms with van der Waals surface area (Å²) in [6.07, 6.45) is 2.79. The van der Waals surface area contributed by atoms with Crippen molar-refractivity contribution in [3.05, 3.63) is 36.0 Å². The number of benzene rings is 1. The highest BCUT2D eigenvalue weighted by Gasteiger charge is 2.32. The Labute approximate surface area is 153 Å². The number of fused-ring (bicyclic) bond motifs is 1. The van der Waals surface area contributed by atoms with Crippen LogP contribution in [-0.4, -0.2) is 41.5 Å². The van der Waals surface area contributed by atoms with Gasteiger partial charge >= 0.3 is 11.9 Å². The molecule has 0 aliphatic heterocycles. The molecule has 1 aromatic heterocycles. The lowest BCUT2D eigenvalue weighted by Gasteiger charge is -2.30. The lowest BCUT2D eigenvalue weighted by atomic mass is 9.91. The number of nitriles is 1. The molecule has 0 aliphatic rings. The summed E-state index contributed by atoms with van der Waals surface area (Å²) in [5.41, 5.74) is 1.83. The van der Waals surface area contributed by atoms with Gasteiger partial charge < -0.3 is 14.6 Å². The Morgan fingerprint density at radius 2 is 2.00 bits per heavy atom. The van der Waals surface area contributed by atoms with Crippen molar-refractivity contribution >= 4 is 22.8 Å². The number of methoxy groups -OCH3 is 1. The van der Waals surface area contributed by atoms with Gasteiger partial charge in [-0.25, -0.2) is 4.79 Å². The number of ether oxygens (including phenoxy) is 1. The Morgan fingerprint density at radius 3 is 2.62 bits per heavy atom. The van der Waals surface area contributed by atoms with Gasteiger partial charge in [0.15, 0.2) is 6.07 Å². The summed E-state index contributed by atoms with van der Waals surface area (Å²) in [4.78, 5) is 29.2. The zero-order valence-electron chi connectivity index (χ0n) is 15.7. The van der Waals surface area contributed by atoms with E-state index in [1.807, 2.05) is 30.5 Å². The standard InChI is InChI=1S/C20H25N3O3/c1-20(2,3)9-10-23(18(24)12-21)17(19(25)26-4)11-14-13-22-16-8-6-5-7-15(14)16/h5-8,13,17,22H,9-11H2,1-4H3. The Morgan fingerprint density at radius 1 is 1.31 bits per heavy atom. The number of hydrogen-bond donors (Lipinski definition) is 1. The van der Waals surface area contributed by atoms with Gasteiger partial charge in [-0.05, 0) is 23.5 Å². The van der Waals surface area contributed by atoms with E-state index in [9.17, 15) is 9.59 Å². The van der Waals surface area contributed by atoms with Crippen LogP contribution in [0.3, 0.4) is 0 Å². The summed E-state index contributed by atoms with van der Waals surface area (Å²) >= 11 is 0. The van der Waals surface area contributed by atoms with Crippen molar-refractivity contribution in [3.8, 4) is 6.07 Å². The third-order valence-corrected chi connectivity index (χ3v) is 4.40. The molecule has 1 amide bonds. The Hall–Kier alpha value is -2.81. The molecule has 1 atom stereocenters. The first-order valence-corrected chi connectivity index (χ1v) is 8.60. The summed E-state index contributed by atoms with van der Waals surface area (Å²) in [6.45, 7) is 6.47. The first kappa shape index (κ1) is 19.5. The Kier molecular flexibility index (Phi) is 6.04. The van der Waals surface area contributed by atoms with E-state index < -0.39 is 17.9 Å². The molecule has 6 heteroatoms. The fraction of sp³-hybridized carbons (Fsp3) is 0.450. The van der Waals surface area contributed by atoms with Crippen LogP contribution >= 0.6 is 0 Å². The zero-order valence-corrected chi connectivity index (χ0v) is 15.7. The Bertz CT molecular complexity index is 827. The first-order chi connectivity index (χ1) is 12.3. The van der Waals surface area contributed by atoms with Gasteiger partial charge in [-0.2, -0.15) is 5.26 Å². The number of carbonyl (C=O) groups is 2. The fourth-order valence-corrected chi connectivity index (χ4v) is 2.88. The maximum absolute atomic E-state index is 12.4. The molecule has 26 heavy (non-hydrogen) atoms. The highest BCUT2D eigenvalue weighted by atomic mass is 16.5. The minimum Gasteiger partial charge on any atom is -0.467 e. The van der Waals surface area contributed by atoms with Gasteiger partial charge in [0.05, 0.1) is 7.11 Å². The lowest BCUT2D eigenvalue weighted by Crippen LogP contribution is -2.47. The number of aromatic nitrogens is 1. The van der Waals surface area contributed by atoms with E-state index in [2.05, 4.69) is 25.8 Å². The smallest absolute Gasteiger partial charge is 0.328 e. The minimum absolute atomic E-state index is 0.0323. The van der Waals surface area contributed by atoms with Crippen LogP contribution in [0.5, 0.6) is 0 Å². The number of H-pyrrole nitrogens is 1. The summed E-state index contributed by atoms with van der Waals surface area (Å²) in [5, 5.41) is 10.1. The van der Waals surface area contributed by atoms with Crippen LogP contribution in [0.15, 0.2) is 30.5 Å². The largest absolute Gasteiger partial charge is 0.467 e. The molecule has 1 heterocycles. The molecule has 0 spiro atoms. The minimum atomic E-state index is -0.839. The maximum Gasteiger partial charge on any atom is 0.328 e. The molecular weight excluding hydrogens is 330 g/mol. The molecule has 0 fully saturated rings. The number of aromatic amines is 1. The molecule has 1 N–H and O–H groups in total. The highest BCUT2D eigenvalue weighted by molar-refractivity contribution is 5.95. The maximum atomic E-state index is 12.4. The summed E-state index contributed by atoms with van der Waals surface area (Å²) in [6, 6.07) is 8.56. The highest BCUT2D eigenvalue weighted by Crippen LogP contribution is 2.23. The average Bonchev–Trinajstić information content (AvgIpc) is 3.02. The van der Waals surface area contributed by atoms with Gasteiger partial charge in [-0.1, -0.05) is 39.0 Å². The van der Waals surface area contributed by atoms with Crippen LogP contribution in [-0.2, 0) is 20.7 Å². The number of rotatable bonds is 6. The van der Waals surface area contributed by atoms with Gasteiger partial charge in [0.25, 0.3) is 0 Å². The summed E-state index contributed by atoms with van der Waals surface area (Å²) in [5.74, 6) is -1.24. The van der Waals surface area contributed by atoms with Crippen molar-refractivity contribution < 1.29 is 14.3 Å². The van der Waals surface area contributed by atoms with Crippen LogP contribution in [0.25, 0.3) is 10.9 Å². The van der Waals surface area contributed by atoms with Crippen molar-refractivity contribution in [2.24, 2.45) is 5.41 Å². The predicted molar refractivity (Wildman–Crippen MR) is 99.2 cm³/mol. The summed E-state index contributed by atoms with van der Waals surface area (Å²) in [7, 11) is 1.29. The molecule has 0 radical (unpaired) electrons. The molecule has 1 aromatic carbocycles. The third kappa shape index (κ3) is 4.63. The zero-order chi connectivity index (χ0) is 19.3. The van der Waals surface area contributed by atoms with Gasteiger partial charge in [0, 0.05) is 30.1 Å². The van der Waals surface area contributed by atoms with E-state index in [4.69, 9.17) is 10.00 Å². The van der Waals surface area contributed by atoms with E-state index >= 15 is 0 Å². The van der Waals surface area contributed by atoms with E-state index in [1.165, 1.54) is 12.0 Å². The number of para-hydroxylation sites is 1. The molecule has 0 saturated heterocycles. The second kappa shape index (κ2) is 8.05. The topological polar surface area (TPSA) is 86.2 Å². The van der Waals surface area contributed by atoms with Gasteiger partial charge in [-0.3, -0.25) is 4.79 Å². The van der Waals surface area contributed by atoms with Gasteiger partial charge in [0.1, 0.15) is 6.04 Å². The van der Waals surface area contributed by atoms with Gasteiger partial charge in [0.2, 0.25) is 0 Å². The fourth-order valence-electron chi connectivity index (χ4n) is 2.88. The molecule has 6 nitrogen and oxygen atoms in total. The molecule has 138 valence electrons. The van der Waals surface area contributed by atoms with Crippen LogP contribution in [0.2, 0.25) is 0 Å². The molecule has 2 aromatic rings. The second-order valence-corrected chi connectivity index (χ2v) is 7.52. The van der Waals surface area contributed by atoms with Crippen LogP contribution in [0.4, 0.5) is 0 Å². The Balaban J connectivity index is 2.35. The normalized spacial score (nSPS) is 12.4. The van der Waals surface area contributed by atoms with Crippen molar-refractivity contribution in [1.29, 1.82) is 5.26 Å². The SMILES string of the molecule is COC(=O)C(Cc1c[nH]c2ccccc12)N(CCC(C)(C)C)C(=O)C#N. The van der Waals surface area contributed by atoms with Crippen molar-refractivity contribution in [2.75, 3.05) is 13.7 Å². The average molecular weight is 355 g/mol. The molecular formula is C20H25N3O3. The monoisotopic (exact) mass is 355 g/mol. The number of nitrogens with zero attached hydrogens (tertiary/aromatic N) is 2. The molecule has 2 rings (SSSR count). The molecule has 0 aliphatic carbocycles. The molecule has 1 unspecified atom stereocenters. The van der Waals surface area contributed by atoms with E-state index in [0.29, 0.717) is 13.0 Å². The number of carbonyl (C=O) groups excluding carboxylic acids is 2.